The van der Waals surface area contributed by atoms with Gasteiger partial charge in [0, 0.05) is 39.4 Å². The van der Waals surface area contributed by atoms with Crippen molar-refractivity contribution in [1.82, 2.24) is 25.8 Å². The Morgan fingerprint density at radius 1 is 0.831 bits per heavy atom. The minimum Gasteiger partial charge on any atom is -0.508 e. The first-order valence-corrected chi connectivity index (χ1v) is 21.5. The van der Waals surface area contributed by atoms with Crippen molar-refractivity contribution in [2.75, 3.05) is 34.4 Å². The van der Waals surface area contributed by atoms with Crippen LogP contribution in [0.3, 0.4) is 0 Å². The van der Waals surface area contributed by atoms with E-state index in [1.165, 1.54) is 51.5 Å². The molecule has 5 amide bonds. The molecule has 5 rings (SSSR count). The molecule has 4 aromatic rings. The van der Waals surface area contributed by atoms with E-state index in [1.807, 2.05) is 30.3 Å². The Kier molecular flexibility index (Phi) is 17.7. The third kappa shape index (κ3) is 13.4. The molecule has 0 aromatic heterocycles. The molecule has 1 aliphatic rings. The fourth-order valence-corrected chi connectivity index (χ4v) is 7.37. The first-order chi connectivity index (χ1) is 31.2. The molecule has 16 heteroatoms. The third-order valence-electron chi connectivity index (χ3n) is 10.9. The number of unbranched alkanes of at least 4 members (excludes halogenated alkanes) is 1. The Morgan fingerprint density at radius 3 is 2.15 bits per heavy atom. The monoisotopic (exact) mass is 907 g/mol. The number of ether oxygens (including phenoxy) is 2. The van der Waals surface area contributed by atoms with Gasteiger partial charge in [0.1, 0.15) is 36.5 Å². The summed E-state index contributed by atoms with van der Waals surface area (Å²) in [4.78, 5) is 84.4. The number of esters is 1. The number of rotatable bonds is 20. The zero-order chi connectivity index (χ0) is 47.0. The van der Waals surface area contributed by atoms with Crippen molar-refractivity contribution in [3.63, 3.8) is 0 Å². The van der Waals surface area contributed by atoms with E-state index in [9.17, 15) is 34.2 Å². The number of hydrogen-bond donors (Lipinski definition) is 5. The number of hydrogen-bond acceptors (Lipinski definition) is 10. The average Bonchev–Trinajstić information content (AvgIpc) is 3.31. The van der Waals surface area contributed by atoms with Crippen LogP contribution >= 0.6 is 11.6 Å². The van der Waals surface area contributed by atoms with Crippen LogP contribution in [0.15, 0.2) is 103 Å². The molecule has 1 aliphatic heterocycles. The number of nitrogens with one attached hydrogen (secondary N) is 3. The lowest BCUT2D eigenvalue weighted by Crippen LogP contribution is -2.59. The van der Waals surface area contributed by atoms with Gasteiger partial charge in [0.2, 0.25) is 29.5 Å². The highest BCUT2D eigenvalue weighted by Crippen LogP contribution is 2.37. The normalized spacial score (nSPS) is 15.1. The van der Waals surface area contributed by atoms with E-state index in [-0.39, 0.29) is 47.9 Å². The number of carbonyl (C=O) groups excluding carboxylic acids is 6. The highest BCUT2D eigenvalue weighted by Gasteiger charge is 2.39. The van der Waals surface area contributed by atoms with E-state index in [0.29, 0.717) is 11.1 Å². The molecule has 0 saturated carbocycles. The summed E-state index contributed by atoms with van der Waals surface area (Å²) in [6.45, 7) is 1.34. The number of halogens is 1. The molecular weight excluding hydrogens is 854 g/mol. The van der Waals surface area contributed by atoms with Crippen LogP contribution in [0.25, 0.3) is 12.2 Å². The van der Waals surface area contributed by atoms with Gasteiger partial charge in [0.05, 0.1) is 18.7 Å². The largest absolute Gasteiger partial charge is 0.508 e. The fourth-order valence-electron chi connectivity index (χ4n) is 7.14. The summed E-state index contributed by atoms with van der Waals surface area (Å²) in [6.07, 6.45) is 8.50. The number of phenolic OH excluding ortho intramolecular Hbond substituents is 2. The Labute approximate surface area is 383 Å². The minimum absolute atomic E-state index is 0.00368. The van der Waals surface area contributed by atoms with Crippen LogP contribution in [0, 0.1) is 0 Å². The number of methoxy groups -OCH3 is 1. The SMILES string of the molecule is CCCC=Cc1ccccc1C=CC(=O)NC(Cc1ccc(O)cc1)C(=O)N(C)[C@@H](Cc1ccc(OC)c(O)c1Cl)C(=O)N(C)[C@@H](Cc1ccccc1)C(=O)OC[C@H]1NC(=O)CNC1=O. The first kappa shape index (κ1) is 48.9. The molecule has 4 atom stereocenters. The third-order valence-corrected chi connectivity index (χ3v) is 11.3. The van der Waals surface area contributed by atoms with E-state index in [0.717, 1.165) is 33.8 Å². The van der Waals surface area contributed by atoms with Crippen LogP contribution in [0.1, 0.15) is 47.6 Å². The zero-order valence-electron chi connectivity index (χ0n) is 36.7. The van der Waals surface area contributed by atoms with E-state index >= 15 is 4.79 Å². The van der Waals surface area contributed by atoms with E-state index in [1.54, 1.807) is 48.5 Å². The number of allylic oxidation sites excluding steroid dienone is 1. The minimum atomic E-state index is -1.41. The fraction of sp³-hybridized carbons (Fsp3) is 0.306. The molecule has 15 nitrogen and oxygen atoms in total. The lowest BCUT2D eigenvalue weighted by Gasteiger charge is -2.36. The van der Waals surface area contributed by atoms with Crippen LogP contribution in [0.4, 0.5) is 0 Å². The summed E-state index contributed by atoms with van der Waals surface area (Å²) in [7, 11) is 4.11. The van der Waals surface area contributed by atoms with Crippen LogP contribution in [0.5, 0.6) is 17.2 Å². The summed E-state index contributed by atoms with van der Waals surface area (Å²) < 4.78 is 10.8. The lowest BCUT2D eigenvalue weighted by atomic mass is 9.98. The van der Waals surface area contributed by atoms with Crippen molar-refractivity contribution in [3.8, 4) is 17.2 Å². The van der Waals surface area contributed by atoms with Crippen molar-refractivity contribution < 1.29 is 48.5 Å². The van der Waals surface area contributed by atoms with E-state index < -0.39 is 72.0 Å². The molecule has 65 heavy (non-hydrogen) atoms. The van der Waals surface area contributed by atoms with Gasteiger partial charge in [0.25, 0.3) is 0 Å². The first-order valence-electron chi connectivity index (χ1n) is 21.1. The second kappa shape index (κ2) is 23.5. The highest BCUT2D eigenvalue weighted by atomic mass is 35.5. The van der Waals surface area contributed by atoms with E-state index in [4.69, 9.17) is 21.1 Å². The lowest BCUT2D eigenvalue weighted by molar-refractivity contribution is -0.158. The van der Waals surface area contributed by atoms with Crippen molar-refractivity contribution >= 4 is 59.3 Å². The Balaban J connectivity index is 1.50. The number of nitrogens with zero attached hydrogens (tertiary/aromatic N) is 2. The molecule has 1 heterocycles. The smallest absolute Gasteiger partial charge is 0.329 e. The number of phenols is 2. The molecular formula is C49H54ClN5O10. The summed E-state index contributed by atoms with van der Waals surface area (Å²) in [5.41, 5.74) is 3.17. The molecule has 342 valence electrons. The molecule has 1 saturated heterocycles. The van der Waals surface area contributed by atoms with Crippen molar-refractivity contribution in [2.45, 2.75) is 63.2 Å². The maximum atomic E-state index is 15.0. The van der Waals surface area contributed by atoms with Gasteiger partial charge in [-0.1, -0.05) is 110 Å². The molecule has 0 spiro atoms. The summed E-state index contributed by atoms with van der Waals surface area (Å²) in [6, 6.07) is 20.3. The summed E-state index contributed by atoms with van der Waals surface area (Å²) in [5, 5.41) is 28.4. The highest BCUT2D eigenvalue weighted by molar-refractivity contribution is 6.33. The summed E-state index contributed by atoms with van der Waals surface area (Å²) in [5.74, 6) is -4.26. The van der Waals surface area contributed by atoms with Crippen LogP contribution < -0.4 is 20.7 Å². The number of amides is 5. The Hall–Kier alpha value is -7.13. The quantitative estimate of drug-likeness (QED) is 0.0616. The second-order valence-electron chi connectivity index (χ2n) is 15.5. The molecule has 1 unspecified atom stereocenters. The van der Waals surface area contributed by atoms with Gasteiger partial charge in [-0.3, -0.25) is 24.0 Å². The standard InChI is InChI=1S/C49H54ClN5O10/c1-5-6-8-15-33-16-11-12-17-34(33)21-25-42(57)52-37(26-32-18-22-36(56)23-19-32)47(61)54(2)39(28-35-20-24-41(64-4)45(59)44(35)50)48(62)55(3)40(27-31-13-9-7-10-14-31)49(63)65-30-38-46(60)51-29-43(58)53-38/h7-25,37-40,56,59H,5-6,26-30H2,1-4H3,(H,51,60)(H,52,57)(H,53,58)/t37?,38-,39+,40+/m1/s1. The zero-order valence-corrected chi connectivity index (χ0v) is 37.4. The van der Waals surface area contributed by atoms with Crippen LogP contribution in [0.2, 0.25) is 5.02 Å². The molecule has 4 aromatic carbocycles. The van der Waals surface area contributed by atoms with Crippen molar-refractivity contribution in [3.05, 3.63) is 136 Å². The van der Waals surface area contributed by atoms with Crippen molar-refractivity contribution in [1.29, 1.82) is 0 Å². The van der Waals surface area contributed by atoms with Gasteiger partial charge in [-0.25, -0.2) is 4.79 Å². The number of aromatic hydroxyl groups is 2. The maximum Gasteiger partial charge on any atom is 0.329 e. The molecule has 0 bridgehead atoms. The van der Waals surface area contributed by atoms with Gasteiger partial charge < -0.3 is 45.4 Å². The molecule has 0 aliphatic carbocycles. The van der Waals surface area contributed by atoms with Gasteiger partial charge in [-0.2, -0.15) is 0 Å². The number of likely N-dealkylation sites (N-methyl/N-ethyl adjacent to an activating group) is 2. The predicted molar refractivity (Wildman–Crippen MR) is 246 cm³/mol. The van der Waals surface area contributed by atoms with Crippen molar-refractivity contribution in [2.24, 2.45) is 0 Å². The number of benzene rings is 4. The average molecular weight is 908 g/mol. The Bertz CT molecular complexity index is 2390. The number of piperazine rings is 1. The van der Waals surface area contributed by atoms with Gasteiger partial charge in [-0.05, 0) is 58.5 Å². The van der Waals surface area contributed by atoms with Gasteiger partial charge >= 0.3 is 5.97 Å². The van der Waals surface area contributed by atoms with Crippen LogP contribution in [-0.4, -0.2) is 114 Å². The second-order valence-corrected chi connectivity index (χ2v) is 15.8. The van der Waals surface area contributed by atoms with Crippen LogP contribution in [-0.2, 0) is 52.8 Å². The Morgan fingerprint density at radius 2 is 1.48 bits per heavy atom. The maximum absolute atomic E-state index is 15.0. The molecule has 1 fully saturated rings. The van der Waals surface area contributed by atoms with E-state index in [2.05, 4.69) is 29.0 Å². The van der Waals surface area contributed by atoms with Gasteiger partial charge in [-0.15, -0.1) is 0 Å². The topological polar surface area (TPSA) is 204 Å². The molecule has 5 N–H and O–H groups in total. The number of carbonyl (C=O) groups is 6. The van der Waals surface area contributed by atoms with Gasteiger partial charge in [0.15, 0.2) is 11.5 Å². The predicted octanol–water partition coefficient (Wildman–Crippen LogP) is 4.61. The molecule has 0 radical (unpaired) electrons. The summed E-state index contributed by atoms with van der Waals surface area (Å²) >= 11 is 6.65.